The average molecular weight is 736 g/mol. The Hall–Kier alpha value is -5.01. The summed E-state index contributed by atoms with van der Waals surface area (Å²) in [7, 11) is 0. The van der Waals surface area contributed by atoms with E-state index < -0.39 is 106 Å². The van der Waals surface area contributed by atoms with Crippen LogP contribution >= 0.6 is 0 Å². The Morgan fingerprint density at radius 3 is 2.42 bits per heavy atom. The number of benzene rings is 1. The van der Waals surface area contributed by atoms with Crippen molar-refractivity contribution in [3.8, 4) is 5.75 Å². The first-order chi connectivity index (χ1) is 24.3. The van der Waals surface area contributed by atoms with Crippen LogP contribution in [0.15, 0.2) is 48.1 Å². The molecule has 0 radical (unpaired) electrons. The molecule has 4 aliphatic carbocycles. The number of hydrogen-bond acceptors (Lipinski definition) is 15. The number of nitrogens with one attached hydrogen (secondary N) is 1. The maximum absolute atomic E-state index is 17.3. The van der Waals surface area contributed by atoms with E-state index in [0.29, 0.717) is 11.1 Å². The normalized spacial score (nSPS) is 33.7. The topological polar surface area (TPSA) is 264 Å². The fraction of sp³-hybridized carbons (Fsp3) is 0.576. The summed E-state index contributed by atoms with van der Waals surface area (Å²) in [6.45, 7) is 0.621. The van der Waals surface area contributed by atoms with Gasteiger partial charge in [0.05, 0.1) is 12.2 Å². The predicted molar refractivity (Wildman–Crippen MR) is 170 cm³/mol. The molecule has 0 bridgehead atoms. The predicted octanol–water partition coefficient (Wildman–Crippen LogP) is 1.29. The molecule has 282 valence electrons. The molecule has 2 fully saturated rings. The number of hydrogen-bond donors (Lipinski definition) is 4. The lowest BCUT2D eigenvalue weighted by Gasteiger charge is -2.61. The molecule has 5 rings (SSSR count). The van der Waals surface area contributed by atoms with Gasteiger partial charge in [-0.3, -0.25) is 14.4 Å². The van der Waals surface area contributed by atoms with E-state index in [1.165, 1.54) is 43.3 Å². The average Bonchev–Trinajstić information content (AvgIpc) is 3.28. The largest absolute Gasteiger partial charge is 0.456 e. The molecule has 4 aliphatic rings. The second-order valence-corrected chi connectivity index (χ2v) is 13.9. The highest BCUT2D eigenvalue weighted by Gasteiger charge is 2.76. The number of allylic oxidation sites excluding steroid dienone is 4. The highest BCUT2D eigenvalue weighted by molar-refractivity contribution is 5.94. The third-order valence-corrected chi connectivity index (χ3v) is 11.2. The molecule has 1 amide bonds. The number of halogens is 1. The Bertz CT molecular complexity index is 1700. The van der Waals surface area contributed by atoms with E-state index in [2.05, 4.69) is 15.0 Å². The van der Waals surface area contributed by atoms with Gasteiger partial charge < -0.3 is 39.8 Å². The summed E-state index contributed by atoms with van der Waals surface area (Å²) < 4.78 is 27.3. The van der Waals surface area contributed by atoms with E-state index in [1.807, 2.05) is 0 Å². The molecule has 1 aromatic carbocycles. The number of carbonyl (C=O) groups is 4. The molecule has 4 N–H and O–H groups in total. The molecule has 18 nitrogen and oxygen atoms in total. The van der Waals surface area contributed by atoms with Crippen LogP contribution in [-0.4, -0.2) is 98.5 Å². The maximum Gasteiger partial charge on any atom is 0.413 e. The third kappa shape index (κ3) is 6.70. The maximum atomic E-state index is 17.3. The number of esters is 1. The molecule has 1 unspecified atom stereocenters. The first kappa shape index (κ1) is 38.2. The molecule has 0 aromatic heterocycles. The van der Waals surface area contributed by atoms with Gasteiger partial charge in [0.15, 0.2) is 23.7 Å². The first-order valence-electron chi connectivity index (χ1n) is 16.4. The summed E-state index contributed by atoms with van der Waals surface area (Å²) in [5.41, 5.74) is -6.65. The Morgan fingerprint density at radius 1 is 1.08 bits per heavy atom. The number of aliphatic hydroxyl groups excluding tert-OH is 2. The smallest absolute Gasteiger partial charge is 0.413 e. The standard InChI is InChI=1S/C33H38FN3O15/c1-30-10-9-20(38)12-19(30)5-8-23-24-13-25(39)33(44,31(24,2)14-26(40)32(23,30)34)27(41)17-49-28(42)15-35-29(43)51-21-6-3-18(4-7-21)11-22(52-37(47)48)16-50-36(45)46/h3-7,9-10,22-26,39-40,44H,8,11-17H2,1-2H3,(H,35,43)/t22?,23-,24-,25+,26-,30-,31-,32-,33-/m0/s1. The minimum atomic E-state index is -2.52. The van der Waals surface area contributed by atoms with Gasteiger partial charge in [-0.15, -0.1) is 20.2 Å². The van der Waals surface area contributed by atoms with Crippen molar-refractivity contribution in [2.75, 3.05) is 19.8 Å². The van der Waals surface area contributed by atoms with Gasteiger partial charge in [-0.1, -0.05) is 36.8 Å². The summed E-state index contributed by atoms with van der Waals surface area (Å²) in [6.07, 6.45) is -1.86. The van der Waals surface area contributed by atoms with Gasteiger partial charge in [-0.05, 0) is 55.9 Å². The van der Waals surface area contributed by atoms with Crippen LogP contribution in [0.1, 0.15) is 45.1 Å². The van der Waals surface area contributed by atoms with Crippen molar-refractivity contribution < 1.29 is 68.2 Å². The van der Waals surface area contributed by atoms with Gasteiger partial charge >= 0.3 is 12.1 Å². The fourth-order valence-electron chi connectivity index (χ4n) is 8.58. The van der Waals surface area contributed by atoms with Crippen molar-refractivity contribution in [2.45, 2.75) is 75.5 Å². The fourth-order valence-corrected chi connectivity index (χ4v) is 8.58. The minimum absolute atomic E-state index is 0.00927. The van der Waals surface area contributed by atoms with Gasteiger partial charge in [-0.2, -0.15) is 0 Å². The minimum Gasteiger partial charge on any atom is -0.456 e. The third-order valence-electron chi connectivity index (χ3n) is 11.2. The van der Waals surface area contributed by atoms with Crippen LogP contribution < -0.4 is 10.1 Å². The van der Waals surface area contributed by atoms with Crippen LogP contribution in [0, 0.1) is 42.9 Å². The number of ether oxygens (including phenoxy) is 2. The van der Waals surface area contributed by atoms with Crippen LogP contribution in [0.25, 0.3) is 0 Å². The number of amides is 1. The summed E-state index contributed by atoms with van der Waals surface area (Å²) in [4.78, 5) is 79.8. The number of alkyl halides is 1. The second-order valence-electron chi connectivity index (χ2n) is 13.9. The highest BCUT2D eigenvalue weighted by Crippen LogP contribution is 2.69. The lowest BCUT2D eigenvalue weighted by molar-refractivity contribution is -0.789. The number of Topliss-reactive ketones (excluding diaryl/α,β-unsaturated/α-hetero) is 1. The Labute approximate surface area is 294 Å². The van der Waals surface area contributed by atoms with Crippen LogP contribution in [0.2, 0.25) is 0 Å². The molecule has 0 aliphatic heterocycles. The molecule has 0 saturated heterocycles. The van der Waals surface area contributed by atoms with Gasteiger partial charge in [0.2, 0.25) is 5.78 Å². The van der Waals surface area contributed by atoms with Gasteiger partial charge in [0, 0.05) is 29.6 Å². The van der Waals surface area contributed by atoms with Crippen molar-refractivity contribution >= 4 is 23.6 Å². The van der Waals surface area contributed by atoms with Crippen molar-refractivity contribution in [1.82, 2.24) is 5.32 Å². The Morgan fingerprint density at radius 2 is 1.77 bits per heavy atom. The SMILES string of the molecule is C[C@]12C=CC(=O)CC1=CC[C@H]1[C@@H]3C[C@@H](O)[C@](O)(C(=O)COC(=O)CNC(=O)Oc4ccc(CC(CO[N+](=O)[O-])O[N+](=O)[O-])cc4)[C@@]3(C)C[C@H](O)[C@@]12F. The van der Waals surface area contributed by atoms with Crippen molar-refractivity contribution in [3.63, 3.8) is 0 Å². The quantitative estimate of drug-likeness (QED) is 0.0962. The molecule has 52 heavy (non-hydrogen) atoms. The van der Waals surface area contributed by atoms with E-state index >= 15 is 4.39 Å². The van der Waals surface area contributed by atoms with Gasteiger partial charge in [0.25, 0.3) is 10.2 Å². The molecule has 0 heterocycles. The zero-order valence-corrected chi connectivity index (χ0v) is 28.1. The molecule has 9 atom stereocenters. The van der Waals surface area contributed by atoms with E-state index in [0.717, 1.165) is 0 Å². The Kier molecular flexibility index (Phi) is 10.4. The summed E-state index contributed by atoms with van der Waals surface area (Å²) in [6, 6.07) is 5.40. The van der Waals surface area contributed by atoms with Crippen LogP contribution in [0.5, 0.6) is 5.75 Å². The first-order valence-corrected chi connectivity index (χ1v) is 16.4. The van der Waals surface area contributed by atoms with Gasteiger partial charge in [-0.25, -0.2) is 9.18 Å². The number of rotatable bonds is 13. The number of fused-ring (bicyclic) bond motifs is 5. The van der Waals surface area contributed by atoms with Crippen LogP contribution in [-0.2, 0) is 35.2 Å². The van der Waals surface area contributed by atoms with E-state index in [1.54, 1.807) is 13.0 Å². The zero-order valence-electron chi connectivity index (χ0n) is 28.1. The van der Waals surface area contributed by atoms with Crippen LogP contribution in [0.3, 0.4) is 0 Å². The number of ketones is 2. The van der Waals surface area contributed by atoms with Crippen LogP contribution in [0.4, 0.5) is 9.18 Å². The van der Waals surface area contributed by atoms with Crippen molar-refractivity contribution in [2.24, 2.45) is 22.7 Å². The lowest BCUT2D eigenvalue weighted by Crippen LogP contribution is -2.69. The van der Waals surface area contributed by atoms with E-state index in [9.17, 15) is 54.7 Å². The van der Waals surface area contributed by atoms with Gasteiger partial charge in [0.1, 0.15) is 25.0 Å². The number of nitrogens with zero attached hydrogens (tertiary/aromatic N) is 2. The van der Waals surface area contributed by atoms with E-state index in [4.69, 9.17) is 9.47 Å². The summed E-state index contributed by atoms with van der Waals surface area (Å²) in [5, 5.41) is 55.2. The molecular formula is C33H38FN3O15. The molecular weight excluding hydrogens is 697 g/mol. The summed E-state index contributed by atoms with van der Waals surface area (Å²) >= 11 is 0. The Balaban J connectivity index is 1.15. The molecule has 2 saturated carbocycles. The number of carbonyl (C=O) groups excluding carboxylic acids is 4. The lowest BCUT2D eigenvalue weighted by atomic mass is 9.45. The molecule has 19 heteroatoms. The van der Waals surface area contributed by atoms with E-state index in [-0.39, 0.29) is 37.2 Å². The highest BCUT2D eigenvalue weighted by atomic mass is 19.1. The molecule has 1 aromatic rings. The van der Waals surface area contributed by atoms with Crippen molar-refractivity contribution in [3.05, 3.63) is 73.9 Å². The zero-order chi connectivity index (χ0) is 38.2. The second kappa shape index (κ2) is 14.2. The monoisotopic (exact) mass is 735 g/mol. The van der Waals surface area contributed by atoms with Crippen molar-refractivity contribution in [1.29, 1.82) is 0 Å². The molecule has 0 spiro atoms. The number of aliphatic hydroxyl groups is 3. The summed E-state index contributed by atoms with van der Waals surface area (Å²) in [5.74, 6) is -4.08.